The first-order chi connectivity index (χ1) is 7.68. The van der Waals surface area contributed by atoms with E-state index in [0.29, 0.717) is 13.1 Å². The van der Waals surface area contributed by atoms with Crippen LogP contribution in [0.2, 0.25) is 0 Å². The Bertz CT molecular complexity index is 466. The van der Waals surface area contributed by atoms with Gasteiger partial charge in [-0.15, -0.1) is 11.3 Å². The summed E-state index contributed by atoms with van der Waals surface area (Å²) >= 11 is 1.60. The van der Waals surface area contributed by atoms with Gasteiger partial charge in [0.25, 0.3) is 0 Å². The van der Waals surface area contributed by atoms with Crippen LogP contribution < -0.4 is 10.0 Å². The lowest BCUT2D eigenvalue weighted by Crippen LogP contribution is -2.49. The van der Waals surface area contributed by atoms with Crippen LogP contribution in [-0.4, -0.2) is 31.7 Å². The number of thiazole rings is 1. The van der Waals surface area contributed by atoms with Crippen molar-refractivity contribution in [3.63, 3.8) is 0 Å². The summed E-state index contributed by atoms with van der Waals surface area (Å²) < 4.78 is 24.8. The predicted octanol–water partition coefficient (Wildman–Crippen LogP) is 0.869. The summed E-state index contributed by atoms with van der Waals surface area (Å²) in [5.41, 5.74) is 0.514. The van der Waals surface area contributed by atoms with Crippen LogP contribution in [-0.2, 0) is 16.6 Å². The Labute approximate surface area is 107 Å². The van der Waals surface area contributed by atoms with Gasteiger partial charge in [0.05, 0.1) is 6.26 Å². The van der Waals surface area contributed by atoms with Crippen molar-refractivity contribution in [1.29, 1.82) is 0 Å². The molecule has 0 amide bonds. The summed E-state index contributed by atoms with van der Waals surface area (Å²) in [7, 11) is -3.18. The lowest BCUT2D eigenvalue weighted by Gasteiger charge is -2.25. The molecule has 7 heteroatoms. The van der Waals surface area contributed by atoms with Gasteiger partial charge in [-0.25, -0.2) is 18.1 Å². The van der Waals surface area contributed by atoms with Gasteiger partial charge in [0, 0.05) is 29.7 Å². The Morgan fingerprint density at radius 2 is 2.12 bits per heavy atom. The van der Waals surface area contributed by atoms with Crippen LogP contribution in [0.4, 0.5) is 0 Å². The first-order valence-electron chi connectivity index (χ1n) is 5.29. The van der Waals surface area contributed by atoms with Crippen molar-refractivity contribution in [2.24, 2.45) is 0 Å². The van der Waals surface area contributed by atoms with Gasteiger partial charge < -0.3 is 5.32 Å². The van der Waals surface area contributed by atoms with Gasteiger partial charge in [-0.1, -0.05) is 0 Å². The zero-order valence-electron chi connectivity index (χ0n) is 10.6. The van der Waals surface area contributed by atoms with E-state index >= 15 is 0 Å². The van der Waals surface area contributed by atoms with E-state index in [9.17, 15) is 8.42 Å². The Morgan fingerprint density at radius 1 is 1.47 bits per heavy atom. The highest BCUT2D eigenvalue weighted by atomic mass is 32.2. The van der Waals surface area contributed by atoms with E-state index in [0.717, 1.165) is 10.7 Å². The molecule has 0 aliphatic heterocycles. The molecule has 1 aromatic heterocycles. The molecule has 5 nitrogen and oxygen atoms in total. The zero-order chi connectivity index (χ0) is 13.1. The number of nitrogens with one attached hydrogen (secondary N) is 2. The molecular weight excluding hydrogens is 258 g/mol. The Kier molecular flexibility index (Phi) is 4.65. The third-order valence-corrected chi connectivity index (χ3v) is 3.86. The number of rotatable bonds is 6. The minimum absolute atomic E-state index is 0.500. The van der Waals surface area contributed by atoms with Crippen molar-refractivity contribution in [1.82, 2.24) is 15.0 Å². The highest BCUT2D eigenvalue weighted by Gasteiger charge is 2.21. The van der Waals surface area contributed by atoms with Crippen LogP contribution in [0, 0.1) is 6.92 Å². The van der Waals surface area contributed by atoms with Gasteiger partial charge in [-0.05, 0) is 20.8 Å². The number of nitrogens with zero attached hydrogens (tertiary/aromatic N) is 1. The summed E-state index contributed by atoms with van der Waals surface area (Å²) in [5, 5.41) is 6.21. The van der Waals surface area contributed by atoms with Crippen LogP contribution in [0.3, 0.4) is 0 Å². The van der Waals surface area contributed by atoms with Crippen LogP contribution in [0.1, 0.15) is 24.5 Å². The molecule has 0 spiro atoms. The third-order valence-electron chi connectivity index (χ3n) is 1.97. The number of sulfonamides is 1. The molecule has 0 saturated carbocycles. The van der Waals surface area contributed by atoms with E-state index in [1.165, 1.54) is 6.26 Å². The van der Waals surface area contributed by atoms with Crippen LogP contribution >= 0.6 is 11.3 Å². The van der Waals surface area contributed by atoms with Gasteiger partial charge in [-0.3, -0.25) is 0 Å². The molecule has 1 aromatic rings. The summed E-state index contributed by atoms with van der Waals surface area (Å²) in [6.45, 7) is 6.85. The van der Waals surface area contributed by atoms with E-state index in [2.05, 4.69) is 15.0 Å². The zero-order valence-corrected chi connectivity index (χ0v) is 12.2. The minimum Gasteiger partial charge on any atom is -0.309 e. The van der Waals surface area contributed by atoms with Gasteiger partial charge in [-0.2, -0.15) is 0 Å². The van der Waals surface area contributed by atoms with Crippen molar-refractivity contribution < 1.29 is 8.42 Å². The van der Waals surface area contributed by atoms with E-state index in [1.807, 2.05) is 26.2 Å². The summed E-state index contributed by atoms with van der Waals surface area (Å²) in [5.74, 6) is 0. The summed E-state index contributed by atoms with van der Waals surface area (Å²) in [6.07, 6.45) is 1.17. The van der Waals surface area contributed by atoms with Crippen molar-refractivity contribution in [3.8, 4) is 0 Å². The Morgan fingerprint density at radius 3 is 2.59 bits per heavy atom. The van der Waals surface area contributed by atoms with Crippen LogP contribution in [0.15, 0.2) is 5.38 Å². The third kappa shape index (κ3) is 6.11. The fourth-order valence-corrected chi connectivity index (χ4v) is 3.32. The predicted molar refractivity (Wildman–Crippen MR) is 70.6 cm³/mol. The van der Waals surface area contributed by atoms with E-state index in [4.69, 9.17) is 0 Å². The summed E-state index contributed by atoms with van der Waals surface area (Å²) in [6, 6.07) is 0. The standard InChI is InChI=1S/C10H19N3O2S2/c1-8-6-16-9(12-8)5-11-7-10(2,3)13-17(4,14)15/h6,11,13H,5,7H2,1-4H3. The fraction of sp³-hybridized carbons (Fsp3) is 0.700. The topological polar surface area (TPSA) is 71.1 Å². The molecule has 0 aromatic carbocycles. The smallest absolute Gasteiger partial charge is 0.209 e. The normalized spacial score (nSPS) is 12.9. The van der Waals surface area contributed by atoms with Crippen molar-refractivity contribution in [2.45, 2.75) is 32.9 Å². The number of hydrogen-bond acceptors (Lipinski definition) is 5. The van der Waals surface area contributed by atoms with E-state index in [1.54, 1.807) is 11.3 Å². The molecule has 1 rings (SSSR count). The molecule has 1 heterocycles. The average molecular weight is 277 g/mol. The highest BCUT2D eigenvalue weighted by Crippen LogP contribution is 2.08. The second-order valence-corrected chi connectivity index (χ2v) is 7.44. The molecule has 98 valence electrons. The first-order valence-corrected chi connectivity index (χ1v) is 8.06. The highest BCUT2D eigenvalue weighted by molar-refractivity contribution is 7.88. The number of aromatic nitrogens is 1. The molecule has 2 N–H and O–H groups in total. The molecule has 0 atom stereocenters. The maximum absolute atomic E-state index is 11.1. The van der Waals surface area contributed by atoms with Gasteiger partial charge in [0.2, 0.25) is 10.0 Å². The number of hydrogen-bond donors (Lipinski definition) is 2. The molecule has 0 radical (unpaired) electrons. The SMILES string of the molecule is Cc1csc(CNCC(C)(C)NS(C)(=O)=O)n1. The second kappa shape index (κ2) is 5.43. The monoisotopic (exact) mass is 277 g/mol. The van der Waals surface area contributed by atoms with E-state index < -0.39 is 15.6 Å². The van der Waals surface area contributed by atoms with Crippen molar-refractivity contribution in [2.75, 3.05) is 12.8 Å². The van der Waals surface area contributed by atoms with Crippen LogP contribution in [0.25, 0.3) is 0 Å². The molecule has 17 heavy (non-hydrogen) atoms. The lowest BCUT2D eigenvalue weighted by molar-refractivity contribution is 0.421. The Balaban J connectivity index is 2.40. The van der Waals surface area contributed by atoms with E-state index in [-0.39, 0.29) is 0 Å². The Hall–Kier alpha value is -0.500. The van der Waals surface area contributed by atoms with Gasteiger partial charge >= 0.3 is 0 Å². The summed E-state index contributed by atoms with van der Waals surface area (Å²) in [4.78, 5) is 4.32. The van der Waals surface area contributed by atoms with Crippen molar-refractivity contribution in [3.05, 3.63) is 16.1 Å². The second-order valence-electron chi connectivity index (χ2n) is 4.74. The average Bonchev–Trinajstić information content (AvgIpc) is 2.46. The lowest BCUT2D eigenvalue weighted by atomic mass is 10.1. The van der Waals surface area contributed by atoms with Crippen LogP contribution in [0.5, 0.6) is 0 Å². The maximum Gasteiger partial charge on any atom is 0.209 e. The molecule has 0 aliphatic rings. The van der Waals surface area contributed by atoms with Crippen molar-refractivity contribution >= 4 is 21.4 Å². The molecule has 0 unspecified atom stereocenters. The molecule has 0 saturated heterocycles. The number of aryl methyl sites for hydroxylation is 1. The molecular formula is C10H19N3O2S2. The molecule has 0 aliphatic carbocycles. The van der Waals surface area contributed by atoms with Gasteiger partial charge in [0.1, 0.15) is 5.01 Å². The minimum atomic E-state index is -3.18. The fourth-order valence-electron chi connectivity index (χ4n) is 1.50. The quantitative estimate of drug-likeness (QED) is 0.809. The van der Waals surface area contributed by atoms with Gasteiger partial charge in [0.15, 0.2) is 0 Å². The first kappa shape index (κ1) is 14.6. The largest absolute Gasteiger partial charge is 0.309 e. The molecule has 0 bridgehead atoms. The maximum atomic E-state index is 11.1. The molecule has 0 fully saturated rings.